The van der Waals surface area contributed by atoms with Crippen LogP contribution in [-0.4, -0.2) is 51.1 Å². The van der Waals surface area contributed by atoms with Crippen molar-refractivity contribution in [2.24, 2.45) is 17.3 Å². The molecule has 1 unspecified atom stereocenters. The molecule has 3 heterocycles. The van der Waals surface area contributed by atoms with Gasteiger partial charge in [0.05, 0.1) is 6.04 Å². The van der Waals surface area contributed by atoms with Crippen molar-refractivity contribution in [2.45, 2.75) is 50.2 Å². The summed E-state index contributed by atoms with van der Waals surface area (Å²) in [5.41, 5.74) is 0.505. The summed E-state index contributed by atoms with van der Waals surface area (Å²) < 4.78 is 1.70. The molecule has 1 amide bonds. The van der Waals surface area contributed by atoms with Crippen molar-refractivity contribution in [3.8, 4) is 12.3 Å². The molecule has 0 bridgehead atoms. The maximum atomic E-state index is 12.3. The smallest absolute Gasteiger partial charge is 0.220 e. The number of nitrogens with one attached hydrogen (secondary N) is 1. The number of aromatic nitrogens is 3. The van der Waals surface area contributed by atoms with Gasteiger partial charge >= 0.3 is 0 Å². The Balaban J connectivity index is 1.49. The number of hydrogen-bond acceptors (Lipinski definition) is 6. The quantitative estimate of drug-likeness (QED) is 0.687. The van der Waals surface area contributed by atoms with Crippen LogP contribution >= 0.6 is 0 Å². The van der Waals surface area contributed by atoms with E-state index in [0.29, 0.717) is 25.8 Å². The van der Waals surface area contributed by atoms with Gasteiger partial charge in [-0.2, -0.15) is 10.2 Å². The lowest BCUT2D eigenvalue weighted by molar-refractivity contribution is -0.121. The third kappa shape index (κ3) is 4.63. The van der Waals surface area contributed by atoms with Crippen LogP contribution in [0.4, 0.5) is 0 Å². The number of nitrogens with zero attached hydrogens (tertiary/aromatic N) is 6. The molecular formula is C17H25N7O. The Kier molecular flexibility index (Phi) is 5.43. The SMILES string of the molecule is C#CCCC1(CCC(=O)NCC(c2cn(C)nn2)N2CCCC2)N=N1. The number of amides is 1. The van der Waals surface area contributed by atoms with Crippen LogP contribution in [0.1, 0.15) is 50.3 Å². The van der Waals surface area contributed by atoms with Gasteiger partial charge in [-0.25, -0.2) is 0 Å². The lowest BCUT2D eigenvalue weighted by atomic mass is 10.0. The fourth-order valence-electron chi connectivity index (χ4n) is 3.27. The van der Waals surface area contributed by atoms with E-state index in [2.05, 4.69) is 36.7 Å². The summed E-state index contributed by atoms with van der Waals surface area (Å²) >= 11 is 0. The first-order valence-electron chi connectivity index (χ1n) is 8.86. The normalized spacial score (nSPS) is 19.5. The largest absolute Gasteiger partial charge is 0.354 e. The first-order chi connectivity index (χ1) is 12.1. The Hall–Kier alpha value is -2.27. The molecule has 8 heteroatoms. The average Bonchev–Trinajstić information content (AvgIpc) is 2.98. The third-order valence-corrected chi connectivity index (χ3v) is 4.84. The number of hydrogen-bond donors (Lipinski definition) is 1. The molecule has 134 valence electrons. The molecule has 0 radical (unpaired) electrons. The van der Waals surface area contributed by atoms with E-state index in [1.54, 1.807) is 4.68 Å². The molecule has 1 aromatic heterocycles. The van der Waals surface area contributed by atoms with E-state index in [9.17, 15) is 4.79 Å². The van der Waals surface area contributed by atoms with Gasteiger partial charge < -0.3 is 5.32 Å². The summed E-state index contributed by atoms with van der Waals surface area (Å²) in [7, 11) is 1.86. The topological polar surface area (TPSA) is 87.8 Å². The lowest BCUT2D eigenvalue weighted by Crippen LogP contribution is -2.37. The van der Waals surface area contributed by atoms with Gasteiger partial charge in [-0.3, -0.25) is 14.4 Å². The molecule has 1 fully saturated rings. The monoisotopic (exact) mass is 343 g/mol. The Morgan fingerprint density at radius 1 is 1.40 bits per heavy atom. The van der Waals surface area contributed by atoms with Gasteiger partial charge in [-0.1, -0.05) is 5.21 Å². The van der Waals surface area contributed by atoms with Crippen molar-refractivity contribution in [3.63, 3.8) is 0 Å². The van der Waals surface area contributed by atoms with Gasteiger partial charge in [-0.05, 0) is 25.9 Å². The zero-order chi connectivity index (χ0) is 17.7. The summed E-state index contributed by atoms with van der Waals surface area (Å²) in [4.78, 5) is 14.6. The van der Waals surface area contributed by atoms with Crippen LogP contribution in [-0.2, 0) is 11.8 Å². The van der Waals surface area contributed by atoms with E-state index < -0.39 is 5.66 Å². The van der Waals surface area contributed by atoms with E-state index in [-0.39, 0.29) is 11.9 Å². The number of rotatable bonds is 9. The number of likely N-dealkylation sites (tertiary alicyclic amines) is 1. The van der Waals surface area contributed by atoms with E-state index in [1.807, 2.05) is 13.2 Å². The molecule has 1 aromatic rings. The van der Waals surface area contributed by atoms with Crippen LogP contribution in [0, 0.1) is 12.3 Å². The minimum atomic E-state index is -0.400. The highest BCUT2D eigenvalue weighted by molar-refractivity contribution is 5.76. The van der Waals surface area contributed by atoms with E-state index in [0.717, 1.165) is 25.2 Å². The molecule has 25 heavy (non-hydrogen) atoms. The van der Waals surface area contributed by atoms with Crippen LogP contribution in [0.25, 0.3) is 0 Å². The second-order valence-corrected chi connectivity index (χ2v) is 6.77. The fourth-order valence-corrected chi connectivity index (χ4v) is 3.27. The molecule has 1 saturated heterocycles. The van der Waals surface area contributed by atoms with Gasteiger partial charge in [0.1, 0.15) is 5.69 Å². The van der Waals surface area contributed by atoms with Gasteiger partial charge in [-0.15, -0.1) is 17.4 Å². The van der Waals surface area contributed by atoms with Crippen LogP contribution < -0.4 is 5.32 Å². The Morgan fingerprint density at radius 3 is 2.76 bits per heavy atom. The number of aryl methyl sites for hydroxylation is 1. The zero-order valence-corrected chi connectivity index (χ0v) is 14.7. The van der Waals surface area contributed by atoms with Crippen molar-refractivity contribution < 1.29 is 4.79 Å². The molecule has 2 aliphatic heterocycles. The van der Waals surface area contributed by atoms with Crippen molar-refractivity contribution in [3.05, 3.63) is 11.9 Å². The van der Waals surface area contributed by atoms with Crippen LogP contribution in [0.3, 0.4) is 0 Å². The molecule has 0 saturated carbocycles. The molecular weight excluding hydrogens is 318 g/mol. The maximum Gasteiger partial charge on any atom is 0.220 e. The van der Waals surface area contributed by atoms with Gasteiger partial charge in [0.2, 0.25) is 5.91 Å². The van der Waals surface area contributed by atoms with Crippen LogP contribution in [0.15, 0.2) is 16.4 Å². The number of carbonyl (C=O) groups is 1. The molecule has 1 N–H and O–H groups in total. The zero-order valence-electron chi connectivity index (χ0n) is 14.7. The second kappa shape index (κ2) is 7.74. The number of terminal acetylenes is 1. The van der Waals surface area contributed by atoms with Crippen LogP contribution in [0.2, 0.25) is 0 Å². The van der Waals surface area contributed by atoms with Gasteiger partial charge in [0.25, 0.3) is 0 Å². The highest BCUT2D eigenvalue weighted by Gasteiger charge is 2.39. The fraction of sp³-hybridized carbons (Fsp3) is 0.706. The van der Waals surface area contributed by atoms with E-state index >= 15 is 0 Å². The van der Waals surface area contributed by atoms with Crippen molar-refractivity contribution in [1.82, 2.24) is 25.2 Å². The molecule has 1 atom stereocenters. The summed E-state index contributed by atoms with van der Waals surface area (Å²) in [5, 5.41) is 19.5. The molecule has 2 aliphatic rings. The van der Waals surface area contributed by atoms with Crippen molar-refractivity contribution >= 4 is 5.91 Å². The lowest BCUT2D eigenvalue weighted by Gasteiger charge is -2.26. The molecule has 0 spiro atoms. The molecule has 0 aromatic carbocycles. The van der Waals surface area contributed by atoms with Crippen LogP contribution in [0.5, 0.6) is 0 Å². The Labute approximate surface area is 148 Å². The van der Waals surface area contributed by atoms with E-state index in [4.69, 9.17) is 6.42 Å². The minimum absolute atomic E-state index is 0.0190. The maximum absolute atomic E-state index is 12.3. The van der Waals surface area contributed by atoms with Gasteiger partial charge in [0.15, 0.2) is 5.66 Å². The van der Waals surface area contributed by atoms with Crippen molar-refractivity contribution in [1.29, 1.82) is 0 Å². The second-order valence-electron chi connectivity index (χ2n) is 6.77. The van der Waals surface area contributed by atoms with Crippen molar-refractivity contribution in [2.75, 3.05) is 19.6 Å². The average molecular weight is 343 g/mol. The summed E-state index contributed by atoms with van der Waals surface area (Å²) in [6, 6.07) is 0.0749. The summed E-state index contributed by atoms with van der Waals surface area (Å²) in [6.07, 6.45) is 12.0. The third-order valence-electron chi connectivity index (χ3n) is 4.84. The molecule has 0 aliphatic carbocycles. The predicted molar refractivity (Wildman–Crippen MR) is 92.4 cm³/mol. The highest BCUT2D eigenvalue weighted by atomic mass is 16.1. The van der Waals surface area contributed by atoms with Gasteiger partial charge in [0, 0.05) is 45.5 Å². The first kappa shape index (κ1) is 17.5. The number of carbonyl (C=O) groups excluding carboxylic acids is 1. The predicted octanol–water partition coefficient (Wildman–Crippen LogP) is 1.42. The minimum Gasteiger partial charge on any atom is -0.354 e. The standard InChI is InChI=1S/C17H25N7O/c1-3-4-8-17(20-21-17)9-7-16(25)18-12-15(24-10-5-6-11-24)14-13-23(2)22-19-14/h1,13,15H,4-12H2,2H3,(H,18,25). The Bertz CT molecular complexity index is 663. The summed E-state index contributed by atoms with van der Waals surface area (Å²) in [6.45, 7) is 2.61. The first-order valence-corrected chi connectivity index (χ1v) is 8.86. The van der Waals surface area contributed by atoms with E-state index in [1.165, 1.54) is 12.8 Å². The molecule has 8 nitrogen and oxygen atoms in total. The molecule has 3 rings (SSSR count). The highest BCUT2D eigenvalue weighted by Crippen LogP contribution is 2.37. The Morgan fingerprint density at radius 2 is 2.16 bits per heavy atom. The summed E-state index contributed by atoms with van der Waals surface area (Å²) in [5.74, 6) is 2.62.